The Hall–Kier alpha value is -3.07. The third-order valence-electron chi connectivity index (χ3n) is 5.98. The normalized spacial score (nSPS) is 15.4. The van der Waals surface area contributed by atoms with Gasteiger partial charge < -0.3 is 14.5 Å². The van der Waals surface area contributed by atoms with Crippen LogP contribution in [0.5, 0.6) is 0 Å². The number of nitrogens with one attached hydrogen (secondary N) is 1. The molecule has 0 spiro atoms. The zero-order chi connectivity index (χ0) is 23.8. The minimum Gasteiger partial charge on any atom is -0.447 e. The van der Waals surface area contributed by atoms with Crippen LogP contribution in [0.4, 0.5) is 4.39 Å². The molecule has 0 radical (unpaired) electrons. The molecule has 1 N–H and O–H groups in total. The van der Waals surface area contributed by atoms with Crippen molar-refractivity contribution in [2.24, 2.45) is 0 Å². The summed E-state index contributed by atoms with van der Waals surface area (Å²) in [7, 11) is 0. The van der Waals surface area contributed by atoms with E-state index in [0.29, 0.717) is 31.1 Å². The van der Waals surface area contributed by atoms with Gasteiger partial charge in [-0.3, -0.25) is 14.6 Å². The summed E-state index contributed by atoms with van der Waals surface area (Å²) in [6.07, 6.45) is 1.38. The lowest BCUT2D eigenvalue weighted by Gasteiger charge is -2.29. The lowest BCUT2D eigenvalue weighted by molar-refractivity contribution is 0.0319. The second-order valence-electron chi connectivity index (χ2n) is 8.49. The van der Waals surface area contributed by atoms with Gasteiger partial charge in [-0.2, -0.15) is 0 Å². The van der Waals surface area contributed by atoms with Gasteiger partial charge >= 0.3 is 0 Å². The van der Waals surface area contributed by atoms with Crippen LogP contribution in [0, 0.1) is 5.82 Å². The molecule has 1 unspecified atom stereocenters. The molecule has 0 aliphatic carbocycles. The highest BCUT2D eigenvalue weighted by molar-refractivity contribution is 5.92. The number of hydrogen-bond acceptors (Lipinski definition) is 6. The Balaban J connectivity index is 1.40. The lowest BCUT2D eigenvalue weighted by atomic mass is 10.1. The molecule has 1 aromatic heterocycles. The molecule has 7 nitrogen and oxygen atoms in total. The first-order valence-electron chi connectivity index (χ1n) is 11.6. The molecule has 1 saturated heterocycles. The number of rotatable bonds is 10. The van der Waals surface area contributed by atoms with Gasteiger partial charge in [-0.1, -0.05) is 48.5 Å². The molecular weight excluding hydrogens is 435 g/mol. The predicted molar refractivity (Wildman–Crippen MR) is 127 cm³/mol. The fourth-order valence-corrected chi connectivity index (χ4v) is 3.96. The van der Waals surface area contributed by atoms with E-state index >= 15 is 0 Å². The maximum atomic E-state index is 14.3. The Labute approximate surface area is 199 Å². The number of nitrogens with zero attached hydrogens (tertiary/aromatic N) is 3. The second-order valence-corrected chi connectivity index (χ2v) is 8.49. The quantitative estimate of drug-likeness (QED) is 0.492. The number of carbonyl (C=O) groups excluding carboxylic acids is 1. The zero-order valence-electron chi connectivity index (χ0n) is 19.5. The van der Waals surface area contributed by atoms with Crippen molar-refractivity contribution in [1.82, 2.24) is 20.1 Å². The Kier molecular flexibility index (Phi) is 8.41. The highest BCUT2D eigenvalue weighted by atomic mass is 19.1. The number of benzene rings is 2. The van der Waals surface area contributed by atoms with Gasteiger partial charge in [0.05, 0.1) is 25.8 Å². The number of oxazole rings is 1. The van der Waals surface area contributed by atoms with Crippen LogP contribution >= 0.6 is 0 Å². The van der Waals surface area contributed by atoms with Gasteiger partial charge in [0.1, 0.15) is 12.1 Å². The van der Waals surface area contributed by atoms with Crippen molar-refractivity contribution in [3.05, 3.63) is 89.4 Å². The van der Waals surface area contributed by atoms with Crippen LogP contribution in [-0.2, 0) is 17.8 Å². The molecule has 3 aromatic rings. The van der Waals surface area contributed by atoms with E-state index in [1.807, 2.05) is 43.3 Å². The number of halogens is 1. The number of hydrogen-bond donors (Lipinski definition) is 1. The van der Waals surface area contributed by atoms with Crippen molar-refractivity contribution in [1.29, 1.82) is 0 Å². The van der Waals surface area contributed by atoms with Crippen LogP contribution in [0.25, 0.3) is 0 Å². The Morgan fingerprint density at radius 2 is 1.85 bits per heavy atom. The molecule has 1 aliphatic rings. The van der Waals surface area contributed by atoms with E-state index in [0.717, 1.165) is 38.4 Å². The average Bonchev–Trinajstić information content (AvgIpc) is 3.34. The molecule has 0 bridgehead atoms. The van der Waals surface area contributed by atoms with Gasteiger partial charge in [0.2, 0.25) is 5.89 Å². The molecule has 2 aromatic carbocycles. The molecule has 180 valence electrons. The Morgan fingerprint density at radius 1 is 1.12 bits per heavy atom. The molecule has 1 amide bonds. The molecule has 1 atom stereocenters. The van der Waals surface area contributed by atoms with Crippen LogP contribution in [0.2, 0.25) is 0 Å². The van der Waals surface area contributed by atoms with Gasteiger partial charge in [-0.25, -0.2) is 9.37 Å². The lowest BCUT2D eigenvalue weighted by Crippen LogP contribution is -2.41. The monoisotopic (exact) mass is 466 g/mol. The summed E-state index contributed by atoms with van der Waals surface area (Å²) < 4.78 is 25.4. The maximum absolute atomic E-state index is 14.3. The summed E-state index contributed by atoms with van der Waals surface area (Å²) in [4.78, 5) is 21.5. The number of amides is 1. The first-order valence-corrected chi connectivity index (χ1v) is 11.6. The van der Waals surface area contributed by atoms with Crippen LogP contribution in [0.3, 0.4) is 0 Å². The smallest absolute Gasteiger partial charge is 0.273 e. The number of aromatic nitrogens is 1. The van der Waals surface area contributed by atoms with Crippen LogP contribution in [0.1, 0.15) is 40.5 Å². The van der Waals surface area contributed by atoms with Gasteiger partial charge in [-0.05, 0) is 18.6 Å². The fraction of sp³-hybridized carbons (Fsp3) is 0.385. The summed E-state index contributed by atoms with van der Waals surface area (Å²) >= 11 is 0. The first-order chi connectivity index (χ1) is 16.6. The largest absolute Gasteiger partial charge is 0.447 e. The predicted octanol–water partition coefficient (Wildman–Crippen LogP) is 3.64. The van der Waals surface area contributed by atoms with Crippen molar-refractivity contribution >= 4 is 5.91 Å². The summed E-state index contributed by atoms with van der Waals surface area (Å²) in [6.45, 7) is 7.50. The highest BCUT2D eigenvalue weighted by Crippen LogP contribution is 2.15. The molecule has 8 heteroatoms. The zero-order valence-corrected chi connectivity index (χ0v) is 19.5. The minimum absolute atomic E-state index is 0.153. The third-order valence-corrected chi connectivity index (χ3v) is 5.98. The van der Waals surface area contributed by atoms with Gasteiger partial charge in [0, 0.05) is 38.3 Å². The van der Waals surface area contributed by atoms with Crippen LogP contribution < -0.4 is 5.32 Å². The average molecular weight is 467 g/mol. The van der Waals surface area contributed by atoms with E-state index in [1.165, 1.54) is 12.3 Å². The SMILES string of the molecule is CC(NC(=O)c1coc(CN(CCN2CCOCC2)Cc2ccccc2F)n1)c1ccccc1. The van der Waals surface area contributed by atoms with Crippen LogP contribution in [-0.4, -0.2) is 60.1 Å². The van der Waals surface area contributed by atoms with Crippen molar-refractivity contribution < 1.29 is 18.3 Å². The molecule has 34 heavy (non-hydrogen) atoms. The minimum atomic E-state index is -0.291. The highest BCUT2D eigenvalue weighted by Gasteiger charge is 2.19. The molecule has 2 heterocycles. The Morgan fingerprint density at radius 3 is 2.62 bits per heavy atom. The second kappa shape index (κ2) is 11.9. The third kappa shape index (κ3) is 6.72. The Bertz CT molecular complexity index is 1050. The topological polar surface area (TPSA) is 70.8 Å². The van der Waals surface area contributed by atoms with E-state index in [1.54, 1.807) is 12.1 Å². The number of carbonyl (C=O) groups is 1. The summed E-state index contributed by atoms with van der Waals surface area (Å²) in [6, 6.07) is 16.4. The van der Waals surface area contributed by atoms with Crippen molar-refractivity contribution in [2.75, 3.05) is 39.4 Å². The molecular formula is C26H31FN4O3. The standard InChI is InChI=1S/C26H31FN4O3/c1-20(21-7-3-2-4-8-21)28-26(32)24-19-34-25(29-24)18-31(12-11-30-13-15-33-16-14-30)17-22-9-5-6-10-23(22)27/h2-10,19-20H,11-18H2,1H3,(H,28,32). The van der Waals surface area contributed by atoms with Crippen molar-refractivity contribution in [2.45, 2.75) is 26.1 Å². The van der Waals surface area contributed by atoms with Crippen LogP contribution in [0.15, 0.2) is 65.3 Å². The van der Waals surface area contributed by atoms with E-state index in [-0.39, 0.29) is 23.5 Å². The molecule has 1 aliphatic heterocycles. The van der Waals surface area contributed by atoms with Crippen molar-refractivity contribution in [3.63, 3.8) is 0 Å². The number of ether oxygens (including phenoxy) is 1. The van der Waals surface area contributed by atoms with Gasteiger partial charge in [0.15, 0.2) is 5.69 Å². The summed E-state index contributed by atoms with van der Waals surface area (Å²) in [5.74, 6) is -0.0996. The molecule has 1 fully saturated rings. The van der Waals surface area contributed by atoms with Gasteiger partial charge in [0.25, 0.3) is 5.91 Å². The molecule has 0 saturated carbocycles. The number of morpholine rings is 1. The van der Waals surface area contributed by atoms with Crippen molar-refractivity contribution in [3.8, 4) is 0 Å². The summed E-state index contributed by atoms with van der Waals surface area (Å²) in [5.41, 5.74) is 1.86. The maximum Gasteiger partial charge on any atom is 0.273 e. The summed E-state index contributed by atoms with van der Waals surface area (Å²) in [5, 5.41) is 2.95. The van der Waals surface area contributed by atoms with E-state index < -0.39 is 0 Å². The van der Waals surface area contributed by atoms with Gasteiger partial charge in [-0.15, -0.1) is 0 Å². The van der Waals surface area contributed by atoms with E-state index in [4.69, 9.17) is 9.15 Å². The first kappa shape index (κ1) is 24.1. The van der Waals surface area contributed by atoms with E-state index in [2.05, 4.69) is 20.1 Å². The van der Waals surface area contributed by atoms with E-state index in [9.17, 15) is 9.18 Å². The molecule has 4 rings (SSSR count). The fourth-order valence-electron chi connectivity index (χ4n) is 3.96.